The largest absolute Gasteiger partial charge is 0.465 e. The van der Waals surface area contributed by atoms with Gasteiger partial charge < -0.3 is 4.74 Å². The minimum atomic E-state index is 0.951. The van der Waals surface area contributed by atoms with Crippen LogP contribution < -0.4 is 0 Å². The molecule has 0 aliphatic rings. The summed E-state index contributed by atoms with van der Waals surface area (Å²) in [6.45, 7) is 4.21. The number of thioether (sulfide) groups is 2. The van der Waals surface area contributed by atoms with Gasteiger partial charge in [0.1, 0.15) is 11.5 Å². The zero-order chi connectivity index (χ0) is 10.1. The third kappa shape index (κ3) is 6.11. The molecule has 0 aliphatic carbocycles. The first-order chi connectivity index (χ1) is 6.28. The van der Waals surface area contributed by atoms with Crippen molar-refractivity contribution >= 4 is 23.5 Å². The monoisotopic (exact) mass is 218 g/mol. The van der Waals surface area contributed by atoms with E-state index in [9.17, 15) is 0 Å². The Balaban J connectivity index is 4.19. The van der Waals surface area contributed by atoms with Gasteiger partial charge in [0.2, 0.25) is 0 Å². The van der Waals surface area contributed by atoms with Crippen LogP contribution in [0, 0.1) is 0 Å². The molecule has 76 valence electrons. The average molecular weight is 218 g/mol. The van der Waals surface area contributed by atoms with E-state index in [0.717, 1.165) is 24.4 Å². The standard InChI is InChI=1S/C10H18OS2/c1-5-9(7-12-3)11-10(6-2)8-13-4/h7-8H,5-6H2,1-4H3/b9-7+,10-8+. The molecule has 0 fully saturated rings. The summed E-state index contributed by atoms with van der Waals surface area (Å²) in [6.07, 6.45) is 5.99. The lowest BCUT2D eigenvalue weighted by Gasteiger charge is -2.09. The molecule has 0 amide bonds. The van der Waals surface area contributed by atoms with Crippen LogP contribution in [0.15, 0.2) is 22.3 Å². The molecule has 0 saturated heterocycles. The van der Waals surface area contributed by atoms with Gasteiger partial charge in [-0.05, 0) is 12.5 Å². The molecule has 0 aromatic heterocycles. The molecule has 13 heavy (non-hydrogen) atoms. The highest BCUT2D eigenvalue weighted by Gasteiger charge is 1.98. The van der Waals surface area contributed by atoms with Crippen LogP contribution in [0.1, 0.15) is 26.7 Å². The summed E-state index contributed by atoms with van der Waals surface area (Å²) in [4.78, 5) is 0. The van der Waals surface area contributed by atoms with Crippen LogP contribution >= 0.6 is 23.5 Å². The minimum absolute atomic E-state index is 0.951. The van der Waals surface area contributed by atoms with Gasteiger partial charge in [0, 0.05) is 23.7 Å². The maximum atomic E-state index is 5.71. The van der Waals surface area contributed by atoms with Gasteiger partial charge in [0.15, 0.2) is 0 Å². The van der Waals surface area contributed by atoms with E-state index in [0.29, 0.717) is 0 Å². The fourth-order valence-corrected chi connectivity index (χ4v) is 1.75. The second kappa shape index (κ2) is 8.57. The van der Waals surface area contributed by atoms with E-state index < -0.39 is 0 Å². The van der Waals surface area contributed by atoms with Crippen LogP contribution in [0.2, 0.25) is 0 Å². The van der Waals surface area contributed by atoms with E-state index in [1.165, 1.54) is 0 Å². The van der Waals surface area contributed by atoms with Gasteiger partial charge in [0.25, 0.3) is 0 Å². The molecule has 0 saturated carbocycles. The Morgan fingerprint density at radius 1 is 1.00 bits per heavy atom. The number of ether oxygens (including phenoxy) is 1. The van der Waals surface area contributed by atoms with E-state index in [4.69, 9.17) is 4.74 Å². The molecule has 3 heteroatoms. The molecule has 0 heterocycles. The first-order valence-electron chi connectivity index (χ1n) is 4.39. The van der Waals surface area contributed by atoms with Crippen molar-refractivity contribution in [3.05, 3.63) is 22.3 Å². The van der Waals surface area contributed by atoms with Crippen molar-refractivity contribution in [3.8, 4) is 0 Å². The molecule has 0 radical (unpaired) electrons. The van der Waals surface area contributed by atoms with E-state index in [-0.39, 0.29) is 0 Å². The van der Waals surface area contributed by atoms with Gasteiger partial charge in [-0.2, -0.15) is 0 Å². The lowest BCUT2D eigenvalue weighted by molar-refractivity contribution is 0.286. The Bertz CT molecular complexity index is 165. The van der Waals surface area contributed by atoms with E-state index >= 15 is 0 Å². The number of hydrogen-bond acceptors (Lipinski definition) is 3. The summed E-state index contributed by atoms with van der Waals surface area (Å²) < 4.78 is 5.71. The van der Waals surface area contributed by atoms with Gasteiger partial charge >= 0.3 is 0 Å². The molecule has 0 rings (SSSR count). The Morgan fingerprint density at radius 2 is 1.38 bits per heavy atom. The van der Waals surface area contributed by atoms with Crippen LogP contribution in [-0.4, -0.2) is 12.5 Å². The Labute approximate surface area is 90.0 Å². The quantitative estimate of drug-likeness (QED) is 0.617. The van der Waals surface area contributed by atoms with Gasteiger partial charge in [0.05, 0.1) is 0 Å². The lowest BCUT2D eigenvalue weighted by Crippen LogP contribution is -1.90. The summed E-state index contributed by atoms with van der Waals surface area (Å²) in [6, 6.07) is 0. The van der Waals surface area contributed by atoms with Crippen LogP contribution in [0.4, 0.5) is 0 Å². The second-order valence-electron chi connectivity index (χ2n) is 2.45. The molecule has 0 N–H and O–H groups in total. The molecule has 0 aromatic rings. The highest BCUT2D eigenvalue weighted by molar-refractivity contribution is 8.01. The third-order valence-electron chi connectivity index (χ3n) is 1.46. The zero-order valence-electron chi connectivity index (χ0n) is 8.79. The fraction of sp³-hybridized carbons (Fsp3) is 0.600. The van der Waals surface area contributed by atoms with Crippen molar-refractivity contribution in [1.82, 2.24) is 0 Å². The predicted molar refractivity (Wildman–Crippen MR) is 64.9 cm³/mol. The Morgan fingerprint density at radius 3 is 1.62 bits per heavy atom. The highest BCUT2D eigenvalue weighted by atomic mass is 32.2. The molecule has 0 atom stereocenters. The Kier molecular flexibility index (Phi) is 8.56. The van der Waals surface area contributed by atoms with Crippen molar-refractivity contribution in [2.24, 2.45) is 0 Å². The van der Waals surface area contributed by atoms with Gasteiger partial charge in [-0.1, -0.05) is 13.8 Å². The minimum Gasteiger partial charge on any atom is -0.465 e. The summed E-state index contributed by atoms with van der Waals surface area (Å²) in [5.74, 6) is 2.10. The lowest BCUT2D eigenvalue weighted by atomic mass is 10.4. The Hall–Kier alpha value is -0.0200. The third-order valence-corrected chi connectivity index (χ3v) is 2.45. The topological polar surface area (TPSA) is 9.23 Å². The SMILES string of the molecule is CC/C(=C\SC)O/C(=C/SC)CC. The molecular weight excluding hydrogens is 200 g/mol. The van der Waals surface area contributed by atoms with Crippen LogP contribution in [0.25, 0.3) is 0 Å². The molecule has 0 aromatic carbocycles. The summed E-state index contributed by atoms with van der Waals surface area (Å²) in [5, 5.41) is 4.12. The zero-order valence-corrected chi connectivity index (χ0v) is 10.4. The molecule has 0 spiro atoms. The summed E-state index contributed by atoms with van der Waals surface area (Å²) in [5.41, 5.74) is 0. The summed E-state index contributed by atoms with van der Waals surface area (Å²) >= 11 is 3.37. The van der Waals surface area contributed by atoms with E-state index in [1.807, 2.05) is 12.5 Å². The highest BCUT2D eigenvalue weighted by Crippen LogP contribution is 2.17. The van der Waals surface area contributed by atoms with E-state index in [1.54, 1.807) is 23.5 Å². The van der Waals surface area contributed by atoms with Crippen molar-refractivity contribution < 1.29 is 4.74 Å². The van der Waals surface area contributed by atoms with Crippen molar-refractivity contribution in [3.63, 3.8) is 0 Å². The maximum absolute atomic E-state index is 5.71. The van der Waals surface area contributed by atoms with Crippen LogP contribution in [0.5, 0.6) is 0 Å². The number of hydrogen-bond donors (Lipinski definition) is 0. The van der Waals surface area contributed by atoms with Crippen molar-refractivity contribution in [1.29, 1.82) is 0 Å². The fourth-order valence-electron chi connectivity index (χ4n) is 0.790. The normalized spacial score (nSPS) is 13.2. The van der Waals surface area contributed by atoms with Crippen molar-refractivity contribution in [2.45, 2.75) is 26.7 Å². The van der Waals surface area contributed by atoms with Gasteiger partial charge in [-0.15, -0.1) is 23.5 Å². The molecule has 0 aliphatic heterocycles. The first kappa shape index (κ1) is 13.0. The molecule has 1 nitrogen and oxygen atoms in total. The second-order valence-corrected chi connectivity index (χ2v) is 3.86. The van der Waals surface area contributed by atoms with E-state index in [2.05, 4.69) is 24.7 Å². The predicted octanol–water partition coefficient (Wildman–Crippen LogP) is 4.23. The van der Waals surface area contributed by atoms with Gasteiger partial charge in [-0.3, -0.25) is 0 Å². The smallest absolute Gasteiger partial charge is 0.110 e. The van der Waals surface area contributed by atoms with Gasteiger partial charge in [-0.25, -0.2) is 0 Å². The average Bonchev–Trinajstić information content (AvgIpc) is 2.16. The summed E-state index contributed by atoms with van der Waals surface area (Å²) in [7, 11) is 0. The van der Waals surface area contributed by atoms with Crippen LogP contribution in [0.3, 0.4) is 0 Å². The molecular formula is C10H18OS2. The molecule has 0 bridgehead atoms. The number of allylic oxidation sites excluding steroid dienone is 2. The van der Waals surface area contributed by atoms with Crippen LogP contribution in [-0.2, 0) is 4.74 Å². The first-order valence-corrected chi connectivity index (χ1v) is 6.97. The maximum Gasteiger partial charge on any atom is 0.110 e. The number of rotatable bonds is 6. The molecule has 0 unspecified atom stereocenters. The van der Waals surface area contributed by atoms with Crippen molar-refractivity contribution in [2.75, 3.05) is 12.5 Å².